The topological polar surface area (TPSA) is 85.4 Å². The second kappa shape index (κ2) is 14.3. The molecule has 3 aromatic rings. The van der Waals surface area contributed by atoms with Gasteiger partial charge < -0.3 is 19.1 Å². The van der Waals surface area contributed by atoms with Crippen LogP contribution < -0.4 is 9.47 Å². The molecule has 0 spiro atoms. The Morgan fingerprint density at radius 2 is 1.61 bits per heavy atom. The molecule has 0 bridgehead atoms. The van der Waals surface area contributed by atoms with Crippen molar-refractivity contribution in [3.63, 3.8) is 0 Å². The number of sulfonamides is 1. The van der Waals surface area contributed by atoms with Gasteiger partial charge in [-0.15, -0.1) is 11.3 Å². The van der Waals surface area contributed by atoms with Crippen LogP contribution in [-0.2, 0) is 37.9 Å². The number of amides is 1. The van der Waals surface area contributed by atoms with Gasteiger partial charge in [0.15, 0.2) is 11.5 Å². The maximum absolute atomic E-state index is 13.8. The van der Waals surface area contributed by atoms with Crippen LogP contribution in [0.1, 0.15) is 42.3 Å². The lowest BCUT2D eigenvalue weighted by atomic mass is 9.87. The first kappa shape index (κ1) is 32.6. The van der Waals surface area contributed by atoms with E-state index in [9.17, 15) is 13.2 Å². The number of methoxy groups -OCH3 is 3. The molecular formula is C31H42N2O6S2. The molecule has 0 saturated heterocycles. The Balaban J connectivity index is 1.86. The molecule has 0 radical (unpaired) electrons. The summed E-state index contributed by atoms with van der Waals surface area (Å²) in [6, 6.07) is 14.6. The van der Waals surface area contributed by atoms with Crippen LogP contribution in [0, 0.1) is 6.92 Å². The fourth-order valence-corrected chi connectivity index (χ4v) is 6.63. The summed E-state index contributed by atoms with van der Waals surface area (Å²) in [6.45, 7) is 8.99. The van der Waals surface area contributed by atoms with Gasteiger partial charge in [-0.05, 0) is 71.2 Å². The van der Waals surface area contributed by atoms with E-state index in [-0.39, 0.29) is 35.9 Å². The van der Waals surface area contributed by atoms with Gasteiger partial charge in [-0.2, -0.15) is 4.31 Å². The van der Waals surface area contributed by atoms with Gasteiger partial charge in [0, 0.05) is 25.1 Å². The maximum atomic E-state index is 13.8. The first-order valence-corrected chi connectivity index (χ1v) is 15.8. The molecule has 8 nitrogen and oxygen atoms in total. The second-order valence-corrected chi connectivity index (χ2v) is 13.8. The summed E-state index contributed by atoms with van der Waals surface area (Å²) in [5, 5.41) is 2.00. The number of carbonyl (C=O) groups excluding carboxylic acids is 1. The van der Waals surface area contributed by atoms with E-state index in [2.05, 4.69) is 20.8 Å². The number of benzene rings is 2. The quantitative estimate of drug-likeness (QED) is 0.250. The Hall–Kier alpha value is -2.92. The summed E-state index contributed by atoms with van der Waals surface area (Å²) in [5.74, 6) is 0.975. The zero-order valence-corrected chi connectivity index (χ0v) is 26.7. The number of carbonyl (C=O) groups is 1. The Labute approximate surface area is 248 Å². The molecule has 0 saturated carbocycles. The lowest BCUT2D eigenvalue weighted by Crippen LogP contribution is -2.44. The van der Waals surface area contributed by atoms with Crippen LogP contribution >= 0.6 is 11.3 Å². The average Bonchev–Trinajstić information content (AvgIpc) is 3.36. The summed E-state index contributed by atoms with van der Waals surface area (Å²) in [6.07, 6.45) is 0.565. The molecule has 0 aliphatic carbocycles. The van der Waals surface area contributed by atoms with Crippen molar-refractivity contribution in [2.45, 2.75) is 51.0 Å². The predicted octanol–water partition coefficient (Wildman–Crippen LogP) is 5.28. The van der Waals surface area contributed by atoms with Crippen molar-refractivity contribution in [2.24, 2.45) is 0 Å². The molecule has 224 valence electrons. The molecule has 1 heterocycles. The zero-order valence-electron chi connectivity index (χ0n) is 25.1. The minimum absolute atomic E-state index is 0.0626. The zero-order chi connectivity index (χ0) is 30.2. The van der Waals surface area contributed by atoms with Gasteiger partial charge in [0.2, 0.25) is 15.9 Å². The van der Waals surface area contributed by atoms with Gasteiger partial charge in [-0.3, -0.25) is 4.79 Å². The third-order valence-corrected chi connectivity index (χ3v) is 9.86. The van der Waals surface area contributed by atoms with E-state index in [4.69, 9.17) is 14.2 Å². The first-order chi connectivity index (χ1) is 19.4. The number of ether oxygens (including phenoxy) is 3. The first-order valence-electron chi connectivity index (χ1n) is 13.5. The van der Waals surface area contributed by atoms with E-state index < -0.39 is 10.0 Å². The van der Waals surface area contributed by atoms with Gasteiger partial charge in [0.05, 0.1) is 38.8 Å². The number of hydrogen-bond acceptors (Lipinski definition) is 7. The molecule has 0 aliphatic rings. The number of aryl methyl sites for hydroxylation is 1. The summed E-state index contributed by atoms with van der Waals surface area (Å²) in [4.78, 5) is 16.7. The number of nitrogens with zero attached hydrogens (tertiary/aromatic N) is 2. The molecule has 0 atom stereocenters. The van der Waals surface area contributed by atoms with Crippen molar-refractivity contribution < 1.29 is 27.4 Å². The Morgan fingerprint density at radius 3 is 2.17 bits per heavy atom. The van der Waals surface area contributed by atoms with Crippen LogP contribution in [0.3, 0.4) is 0 Å². The van der Waals surface area contributed by atoms with Crippen molar-refractivity contribution in [1.82, 2.24) is 9.21 Å². The molecule has 1 amide bonds. The molecule has 0 unspecified atom stereocenters. The summed E-state index contributed by atoms with van der Waals surface area (Å²) in [5.41, 5.74) is 3.00. The van der Waals surface area contributed by atoms with Crippen LogP contribution in [0.2, 0.25) is 0 Å². The SMILES string of the molecule is COCCN(CC(=O)N(CCc1ccc(OC)c(OC)c1)Cc1sccc1C)S(=O)(=O)c1ccc(C(C)(C)C)cc1. The molecule has 2 aromatic carbocycles. The third kappa shape index (κ3) is 8.54. The van der Waals surface area contributed by atoms with Gasteiger partial charge in [-0.25, -0.2) is 8.42 Å². The smallest absolute Gasteiger partial charge is 0.243 e. The molecule has 0 aliphatic heterocycles. The van der Waals surface area contributed by atoms with Crippen molar-refractivity contribution in [1.29, 1.82) is 0 Å². The van der Waals surface area contributed by atoms with Crippen LogP contribution in [-0.4, -0.2) is 71.1 Å². The van der Waals surface area contributed by atoms with E-state index >= 15 is 0 Å². The number of hydrogen-bond donors (Lipinski definition) is 0. The van der Waals surface area contributed by atoms with Gasteiger partial charge >= 0.3 is 0 Å². The lowest BCUT2D eigenvalue weighted by molar-refractivity contribution is -0.132. The minimum atomic E-state index is -3.94. The number of rotatable bonds is 14. The lowest BCUT2D eigenvalue weighted by Gasteiger charge is -2.28. The molecular weight excluding hydrogens is 560 g/mol. The Bertz CT molecular complexity index is 1390. The number of thiophene rings is 1. The minimum Gasteiger partial charge on any atom is -0.493 e. The molecule has 0 fully saturated rings. The Kier molecular flexibility index (Phi) is 11.4. The van der Waals surface area contributed by atoms with Crippen molar-refractivity contribution in [3.05, 3.63) is 75.5 Å². The van der Waals surface area contributed by atoms with Gasteiger partial charge in [-0.1, -0.05) is 39.0 Å². The fraction of sp³-hybridized carbons (Fsp3) is 0.452. The Morgan fingerprint density at radius 1 is 0.927 bits per heavy atom. The molecule has 10 heteroatoms. The van der Waals surface area contributed by atoms with Crippen LogP contribution in [0.5, 0.6) is 11.5 Å². The third-order valence-electron chi connectivity index (χ3n) is 6.99. The van der Waals surface area contributed by atoms with Crippen LogP contribution in [0.15, 0.2) is 58.8 Å². The standard InChI is InChI=1S/C31H42N2O6S2/c1-23-15-19-40-29(23)21-32(16-14-24-8-13-27(38-6)28(20-24)39-7)30(34)22-33(17-18-37-5)41(35,36)26-11-9-25(10-12-26)31(2,3)4/h8-13,15,19-20H,14,16-18,21-22H2,1-7H3. The highest BCUT2D eigenvalue weighted by Crippen LogP contribution is 2.28. The highest BCUT2D eigenvalue weighted by molar-refractivity contribution is 7.89. The highest BCUT2D eigenvalue weighted by atomic mass is 32.2. The molecule has 3 rings (SSSR count). The van der Waals surface area contributed by atoms with Crippen molar-refractivity contribution in [2.75, 3.05) is 47.6 Å². The molecule has 41 heavy (non-hydrogen) atoms. The maximum Gasteiger partial charge on any atom is 0.243 e. The molecule has 1 aromatic heterocycles. The van der Waals surface area contributed by atoms with Gasteiger partial charge in [0.1, 0.15) is 0 Å². The van der Waals surface area contributed by atoms with E-state index in [0.29, 0.717) is 31.0 Å². The normalized spacial score (nSPS) is 12.0. The predicted molar refractivity (Wildman–Crippen MR) is 163 cm³/mol. The van der Waals surface area contributed by atoms with E-state index in [1.807, 2.05) is 48.7 Å². The highest BCUT2D eigenvalue weighted by Gasteiger charge is 2.29. The van der Waals surface area contributed by atoms with E-state index in [0.717, 1.165) is 21.6 Å². The summed E-state index contributed by atoms with van der Waals surface area (Å²) >= 11 is 1.58. The summed E-state index contributed by atoms with van der Waals surface area (Å²) in [7, 11) is 0.746. The van der Waals surface area contributed by atoms with Crippen molar-refractivity contribution in [3.8, 4) is 11.5 Å². The van der Waals surface area contributed by atoms with Crippen molar-refractivity contribution >= 4 is 27.3 Å². The molecule has 0 N–H and O–H groups in total. The monoisotopic (exact) mass is 602 g/mol. The second-order valence-electron chi connectivity index (χ2n) is 10.9. The summed E-state index contributed by atoms with van der Waals surface area (Å²) < 4.78 is 44.6. The largest absolute Gasteiger partial charge is 0.493 e. The van der Waals surface area contributed by atoms with Crippen LogP contribution in [0.4, 0.5) is 0 Å². The van der Waals surface area contributed by atoms with E-state index in [1.54, 1.807) is 42.6 Å². The van der Waals surface area contributed by atoms with E-state index in [1.165, 1.54) is 11.4 Å². The van der Waals surface area contributed by atoms with Crippen LogP contribution in [0.25, 0.3) is 0 Å². The average molecular weight is 603 g/mol. The fourth-order valence-electron chi connectivity index (χ4n) is 4.34. The van der Waals surface area contributed by atoms with Gasteiger partial charge in [0.25, 0.3) is 0 Å².